The monoisotopic (exact) mass is 436 g/mol. The number of hydrogen-bond acceptors (Lipinski definition) is 4. The van der Waals surface area contributed by atoms with Gasteiger partial charge in [0.15, 0.2) is 0 Å². The molecule has 0 bridgehead atoms. The Morgan fingerprint density at radius 2 is 1.84 bits per heavy atom. The van der Waals surface area contributed by atoms with E-state index < -0.39 is 0 Å². The van der Waals surface area contributed by atoms with Crippen molar-refractivity contribution >= 4 is 17.6 Å². The molecule has 1 N–H and O–H groups in total. The Labute approximate surface area is 189 Å². The zero-order valence-corrected chi connectivity index (χ0v) is 18.5. The number of likely N-dealkylation sites (tertiary alicyclic amines) is 1. The third-order valence-electron chi connectivity index (χ3n) is 7.49. The van der Waals surface area contributed by atoms with Crippen LogP contribution < -0.4 is 10.1 Å². The zero-order chi connectivity index (χ0) is 22.0. The average Bonchev–Trinajstić information content (AvgIpc) is 3.11. The number of benzene rings is 1. The molecule has 7 heteroatoms. The molecule has 1 saturated heterocycles. The van der Waals surface area contributed by atoms with Gasteiger partial charge in [-0.05, 0) is 49.7 Å². The Morgan fingerprint density at radius 1 is 1.09 bits per heavy atom. The van der Waals surface area contributed by atoms with E-state index in [1.54, 1.807) is 6.20 Å². The summed E-state index contributed by atoms with van der Waals surface area (Å²) in [5.74, 6) is 2.03. The molecule has 2 amide bonds. The molecule has 2 heterocycles. The largest absolute Gasteiger partial charge is 0.493 e. The maximum Gasteiger partial charge on any atom is 0.228 e. The summed E-state index contributed by atoms with van der Waals surface area (Å²) in [5.41, 5.74) is 0.359. The van der Waals surface area contributed by atoms with Gasteiger partial charge in [-0.3, -0.25) is 9.59 Å². The number of nitrogens with one attached hydrogen (secondary N) is 1. The minimum absolute atomic E-state index is 0.0918. The highest BCUT2D eigenvalue weighted by Crippen LogP contribution is 2.63. The van der Waals surface area contributed by atoms with E-state index in [1.807, 2.05) is 41.1 Å². The number of ether oxygens (including phenoxy) is 1. The van der Waals surface area contributed by atoms with Crippen LogP contribution >= 0.6 is 0 Å². The first-order chi connectivity index (χ1) is 15.6. The number of carbonyl (C=O) groups excluding carboxylic acids is 2. The van der Waals surface area contributed by atoms with Gasteiger partial charge in [0.1, 0.15) is 11.6 Å². The van der Waals surface area contributed by atoms with Crippen LogP contribution in [0.2, 0.25) is 0 Å². The quantitative estimate of drug-likeness (QED) is 0.711. The van der Waals surface area contributed by atoms with Crippen LogP contribution in [0.5, 0.6) is 5.75 Å². The van der Waals surface area contributed by atoms with E-state index >= 15 is 0 Å². The number of piperidine rings is 1. The zero-order valence-electron chi connectivity index (χ0n) is 18.5. The van der Waals surface area contributed by atoms with E-state index in [9.17, 15) is 9.59 Å². The lowest BCUT2D eigenvalue weighted by molar-refractivity contribution is -0.134. The van der Waals surface area contributed by atoms with E-state index in [0.29, 0.717) is 23.7 Å². The highest BCUT2D eigenvalue weighted by atomic mass is 16.5. The first-order valence-corrected chi connectivity index (χ1v) is 11.9. The molecule has 1 spiro atoms. The van der Waals surface area contributed by atoms with Gasteiger partial charge in [-0.2, -0.15) is 5.10 Å². The summed E-state index contributed by atoms with van der Waals surface area (Å²) in [6.45, 7) is 1.87. The van der Waals surface area contributed by atoms with Gasteiger partial charge in [-0.15, -0.1) is 0 Å². The van der Waals surface area contributed by atoms with Gasteiger partial charge in [-0.1, -0.05) is 31.0 Å². The average molecular weight is 437 g/mol. The van der Waals surface area contributed by atoms with Crippen molar-refractivity contribution in [2.75, 3.05) is 25.0 Å². The SMILES string of the molecule is O=C(CCOc1ccccc1)Nc1ccnn1C1CCN(C(=O)[C@H]2CC23CCCC3)CC1. The molecular weight excluding hydrogens is 404 g/mol. The predicted octanol–water partition coefficient (Wildman–Crippen LogP) is 4.03. The molecule has 3 fully saturated rings. The molecule has 170 valence electrons. The van der Waals surface area contributed by atoms with Crippen molar-refractivity contribution in [1.82, 2.24) is 14.7 Å². The Balaban J connectivity index is 1.09. The summed E-state index contributed by atoms with van der Waals surface area (Å²) in [4.78, 5) is 27.4. The standard InChI is InChI=1S/C25H32N4O3/c30-23(11-17-32-20-6-2-1-3-7-20)27-22-8-14-26-29(22)19-9-15-28(16-10-19)24(31)21-18-25(21)12-4-5-13-25/h1-3,6-8,14,19,21H,4-5,9-13,15-18H2,(H,27,30)/t21-/m1/s1. The Morgan fingerprint density at radius 3 is 2.59 bits per heavy atom. The second-order valence-electron chi connectivity index (χ2n) is 9.50. The van der Waals surface area contributed by atoms with Crippen LogP contribution in [-0.4, -0.2) is 46.2 Å². The summed E-state index contributed by atoms with van der Waals surface area (Å²) in [5, 5.41) is 7.43. The summed E-state index contributed by atoms with van der Waals surface area (Å²) in [7, 11) is 0. The molecular formula is C25H32N4O3. The van der Waals surface area contributed by atoms with Gasteiger partial charge in [-0.25, -0.2) is 4.68 Å². The normalized spacial score (nSPS) is 22.1. The molecule has 2 saturated carbocycles. The number of para-hydroxylation sites is 1. The maximum absolute atomic E-state index is 13.0. The molecule has 1 aromatic carbocycles. The summed E-state index contributed by atoms with van der Waals surface area (Å²) in [6, 6.07) is 11.5. The van der Waals surface area contributed by atoms with Crippen molar-refractivity contribution in [1.29, 1.82) is 0 Å². The number of hydrogen-bond donors (Lipinski definition) is 1. The van der Waals surface area contributed by atoms with Gasteiger partial charge >= 0.3 is 0 Å². The molecule has 2 aliphatic carbocycles. The van der Waals surface area contributed by atoms with E-state index in [-0.39, 0.29) is 24.3 Å². The van der Waals surface area contributed by atoms with Crippen LogP contribution in [0.1, 0.15) is 57.4 Å². The third-order valence-corrected chi connectivity index (χ3v) is 7.49. The van der Waals surface area contributed by atoms with Crippen LogP contribution in [0.4, 0.5) is 5.82 Å². The number of anilines is 1. The minimum Gasteiger partial charge on any atom is -0.493 e. The summed E-state index contributed by atoms with van der Waals surface area (Å²) >= 11 is 0. The molecule has 1 aliphatic heterocycles. The highest BCUT2D eigenvalue weighted by molar-refractivity contribution is 5.89. The fourth-order valence-corrected chi connectivity index (χ4v) is 5.57. The number of carbonyl (C=O) groups is 2. The number of rotatable bonds is 7. The van der Waals surface area contributed by atoms with E-state index in [1.165, 1.54) is 25.7 Å². The maximum atomic E-state index is 13.0. The topological polar surface area (TPSA) is 76.5 Å². The Bertz CT molecular complexity index is 943. The van der Waals surface area contributed by atoms with Crippen molar-refractivity contribution in [3.8, 4) is 5.75 Å². The van der Waals surface area contributed by atoms with E-state index in [4.69, 9.17) is 4.74 Å². The van der Waals surface area contributed by atoms with Crippen LogP contribution in [0.15, 0.2) is 42.6 Å². The third kappa shape index (κ3) is 4.38. The first kappa shape index (κ1) is 21.0. The molecule has 2 aromatic rings. The second-order valence-corrected chi connectivity index (χ2v) is 9.50. The minimum atomic E-state index is -0.0918. The van der Waals surface area contributed by atoms with Crippen molar-refractivity contribution < 1.29 is 14.3 Å². The number of aromatic nitrogens is 2. The fraction of sp³-hybridized carbons (Fsp3) is 0.560. The number of amides is 2. The van der Waals surface area contributed by atoms with Crippen molar-refractivity contribution in [3.63, 3.8) is 0 Å². The second kappa shape index (κ2) is 8.96. The molecule has 0 unspecified atom stereocenters. The fourth-order valence-electron chi connectivity index (χ4n) is 5.57. The van der Waals surface area contributed by atoms with Crippen molar-refractivity contribution in [2.45, 2.75) is 57.4 Å². The summed E-state index contributed by atoms with van der Waals surface area (Å²) in [6.07, 6.45) is 9.91. The Hall–Kier alpha value is -2.83. The lowest BCUT2D eigenvalue weighted by Gasteiger charge is -2.33. The van der Waals surface area contributed by atoms with E-state index in [2.05, 4.69) is 15.3 Å². The van der Waals surface area contributed by atoms with Crippen LogP contribution in [0, 0.1) is 11.3 Å². The molecule has 32 heavy (non-hydrogen) atoms. The van der Waals surface area contributed by atoms with Gasteiger partial charge < -0.3 is 15.0 Å². The first-order valence-electron chi connectivity index (χ1n) is 11.9. The molecule has 5 rings (SSSR count). The lowest BCUT2D eigenvalue weighted by Crippen LogP contribution is -2.41. The molecule has 7 nitrogen and oxygen atoms in total. The van der Waals surface area contributed by atoms with Crippen molar-refractivity contribution in [2.24, 2.45) is 11.3 Å². The number of nitrogens with zero attached hydrogens (tertiary/aromatic N) is 3. The molecule has 0 radical (unpaired) electrons. The molecule has 3 aliphatic rings. The van der Waals surface area contributed by atoms with Crippen LogP contribution in [-0.2, 0) is 9.59 Å². The predicted molar refractivity (Wildman–Crippen MR) is 121 cm³/mol. The molecule has 1 atom stereocenters. The van der Waals surface area contributed by atoms with Crippen LogP contribution in [0.25, 0.3) is 0 Å². The van der Waals surface area contributed by atoms with Crippen LogP contribution in [0.3, 0.4) is 0 Å². The van der Waals surface area contributed by atoms with Gasteiger partial charge in [0.25, 0.3) is 0 Å². The highest BCUT2D eigenvalue weighted by Gasteiger charge is 2.59. The summed E-state index contributed by atoms with van der Waals surface area (Å²) < 4.78 is 7.53. The smallest absolute Gasteiger partial charge is 0.228 e. The molecule has 1 aromatic heterocycles. The van der Waals surface area contributed by atoms with Gasteiger partial charge in [0, 0.05) is 25.1 Å². The van der Waals surface area contributed by atoms with E-state index in [0.717, 1.165) is 38.1 Å². The lowest BCUT2D eigenvalue weighted by atomic mass is 10.00. The van der Waals surface area contributed by atoms with Gasteiger partial charge in [0.05, 0.1) is 25.3 Å². The van der Waals surface area contributed by atoms with Gasteiger partial charge in [0.2, 0.25) is 11.8 Å². The Kier molecular flexibility index (Phi) is 5.89. The van der Waals surface area contributed by atoms with Crippen molar-refractivity contribution in [3.05, 3.63) is 42.6 Å².